The zero-order valence-electron chi connectivity index (χ0n) is 9.63. The largest absolute Gasteiger partial charge is 0.550 e. The van der Waals surface area contributed by atoms with Crippen molar-refractivity contribution in [2.24, 2.45) is 0 Å². The zero-order chi connectivity index (χ0) is 13.3. The Morgan fingerprint density at radius 2 is 2.16 bits per heavy atom. The van der Waals surface area contributed by atoms with Crippen LogP contribution in [0.1, 0.15) is 6.42 Å². The first kappa shape index (κ1) is 12.2. The number of hydrogen-bond acceptors (Lipinski definition) is 8. The van der Waals surface area contributed by atoms with Crippen LogP contribution in [0.4, 0.5) is 0 Å². The molecule has 10 heteroatoms. The van der Waals surface area contributed by atoms with Gasteiger partial charge in [0.15, 0.2) is 5.52 Å². The van der Waals surface area contributed by atoms with E-state index in [4.69, 9.17) is 13.7 Å². The Labute approximate surface area is 106 Å². The molecule has 0 bridgehead atoms. The molecule has 0 atom stereocenters. The van der Waals surface area contributed by atoms with Crippen LogP contribution in [-0.4, -0.2) is 33.4 Å². The fraction of sp³-hybridized carbons (Fsp3) is 0.333. The van der Waals surface area contributed by atoms with E-state index in [1.54, 1.807) is 12.1 Å². The smallest absolute Gasteiger partial charge is 0.288 e. The van der Waals surface area contributed by atoms with Crippen molar-refractivity contribution in [3.63, 3.8) is 0 Å². The van der Waals surface area contributed by atoms with Gasteiger partial charge in [0.05, 0.1) is 13.2 Å². The molecular formula is C9H9N4O5P. The fourth-order valence-electron chi connectivity index (χ4n) is 1.51. The lowest BCUT2D eigenvalue weighted by molar-refractivity contribution is 0.0542. The van der Waals surface area contributed by atoms with Gasteiger partial charge >= 0.3 is 13.4 Å². The Bertz CT molecular complexity index is 707. The predicted octanol–water partition coefficient (Wildman–Crippen LogP) is 0.160. The van der Waals surface area contributed by atoms with Gasteiger partial charge in [-0.3, -0.25) is 18.5 Å². The highest BCUT2D eigenvalue weighted by atomic mass is 31.2. The number of phosphoric ester groups is 1. The number of phosphoric acid groups is 1. The average Bonchev–Trinajstić information content (AvgIpc) is 2.43. The van der Waals surface area contributed by atoms with Crippen molar-refractivity contribution in [3.8, 4) is 0 Å². The summed E-state index contributed by atoms with van der Waals surface area (Å²) in [4.78, 5) is 16.3. The Morgan fingerprint density at radius 3 is 2.95 bits per heavy atom. The Balaban J connectivity index is 1.99. The predicted molar refractivity (Wildman–Crippen MR) is 62.3 cm³/mol. The molecule has 1 aliphatic heterocycles. The fourth-order valence-corrected chi connectivity index (χ4v) is 2.68. The highest BCUT2D eigenvalue weighted by Gasteiger charge is 2.33. The van der Waals surface area contributed by atoms with Gasteiger partial charge in [0.1, 0.15) is 5.52 Å². The van der Waals surface area contributed by atoms with Crippen molar-refractivity contribution >= 4 is 18.9 Å². The van der Waals surface area contributed by atoms with E-state index < -0.39 is 13.4 Å². The summed E-state index contributed by atoms with van der Waals surface area (Å²) >= 11 is 0. The topological polar surface area (TPSA) is 105 Å². The maximum absolute atomic E-state index is 12.0. The highest BCUT2D eigenvalue weighted by molar-refractivity contribution is 7.48. The SMILES string of the molecule is O=c1c2ncccc2nnn1OP1(=O)OCCCO1. The van der Waals surface area contributed by atoms with E-state index in [1.807, 2.05) is 0 Å². The van der Waals surface area contributed by atoms with E-state index in [0.717, 1.165) is 0 Å². The van der Waals surface area contributed by atoms with Crippen LogP contribution in [0.2, 0.25) is 0 Å². The molecule has 0 radical (unpaired) electrons. The standard InChI is InChI=1S/C9H9N4O5P/c14-9-8-7(3-1-4-10-8)11-12-13(9)18-19(15)16-5-2-6-17-19/h1,3-4H,2,5-6H2. The highest BCUT2D eigenvalue weighted by Crippen LogP contribution is 2.47. The maximum Gasteiger partial charge on any atom is 0.550 e. The van der Waals surface area contributed by atoms with Gasteiger partial charge in [0.2, 0.25) is 0 Å². The Morgan fingerprint density at radius 1 is 1.37 bits per heavy atom. The number of hydrogen-bond donors (Lipinski definition) is 0. The molecule has 0 unspecified atom stereocenters. The quantitative estimate of drug-likeness (QED) is 0.718. The normalized spacial score (nSPS) is 18.3. The lowest BCUT2D eigenvalue weighted by Crippen LogP contribution is -2.31. The molecule has 0 saturated carbocycles. The van der Waals surface area contributed by atoms with Crippen LogP contribution in [-0.2, 0) is 13.6 Å². The van der Waals surface area contributed by atoms with Gasteiger partial charge < -0.3 is 0 Å². The molecule has 100 valence electrons. The van der Waals surface area contributed by atoms with Gasteiger partial charge in [-0.25, -0.2) is 9.55 Å². The molecule has 0 N–H and O–H groups in total. The number of rotatable bonds is 2. The number of pyridine rings is 1. The van der Waals surface area contributed by atoms with Crippen LogP contribution in [0.25, 0.3) is 11.0 Å². The first-order chi connectivity index (χ1) is 9.18. The van der Waals surface area contributed by atoms with Crippen molar-refractivity contribution in [2.75, 3.05) is 13.2 Å². The first-order valence-corrected chi connectivity index (χ1v) is 6.94. The third-order valence-corrected chi connectivity index (χ3v) is 3.71. The summed E-state index contributed by atoms with van der Waals surface area (Å²) < 4.78 is 26.7. The van der Waals surface area contributed by atoms with E-state index in [0.29, 0.717) is 16.8 Å². The minimum atomic E-state index is -3.81. The monoisotopic (exact) mass is 284 g/mol. The average molecular weight is 284 g/mol. The zero-order valence-corrected chi connectivity index (χ0v) is 10.5. The lowest BCUT2D eigenvalue weighted by Gasteiger charge is -2.20. The third-order valence-electron chi connectivity index (χ3n) is 2.36. The summed E-state index contributed by atoms with van der Waals surface area (Å²) in [5.41, 5.74) is -0.309. The first-order valence-electron chi connectivity index (χ1n) is 5.48. The van der Waals surface area contributed by atoms with Gasteiger partial charge in [-0.05, 0) is 28.6 Å². The third kappa shape index (κ3) is 2.35. The van der Waals surface area contributed by atoms with Gasteiger partial charge in [-0.15, -0.1) is 5.10 Å². The van der Waals surface area contributed by atoms with E-state index in [2.05, 4.69) is 15.3 Å². The molecule has 0 amide bonds. The molecule has 1 fully saturated rings. The molecule has 3 rings (SSSR count). The van der Waals surface area contributed by atoms with Crippen LogP contribution >= 0.6 is 7.82 Å². The summed E-state index contributed by atoms with van der Waals surface area (Å²) in [5.74, 6) is 0. The Kier molecular flexibility index (Phi) is 3.02. The summed E-state index contributed by atoms with van der Waals surface area (Å²) in [7, 11) is -3.81. The number of fused-ring (bicyclic) bond motifs is 1. The minimum Gasteiger partial charge on any atom is -0.288 e. The second-order valence-electron chi connectivity index (χ2n) is 3.69. The molecule has 1 aliphatic rings. The van der Waals surface area contributed by atoms with Gasteiger partial charge in [0, 0.05) is 6.20 Å². The molecule has 0 aliphatic carbocycles. The van der Waals surface area contributed by atoms with Crippen LogP contribution in [0.3, 0.4) is 0 Å². The summed E-state index contributed by atoms with van der Waals surface area (Å²) in [6, 6.07) is 3.20. The van der Waals surface area contributed by atoms with Gasteiger partial charge in [-0.1, -0.05) is 0 Å². The van der Waals surface area contributed by atoms with Gasteiger partial charge in [0.25, 0.3) is 0 Å². The summed E-state index contributed by atoms with van der Waals surface area (Å²) in [6.07, 6.45) is 2.04. The van der Waals surface area contributed by atoms with Crippen molar-refractivity contribution in [1.29, 1.82) is 0 Å². The molecule has 3 heterocycles. The second kappa shape index (κ2) is 4.69. The van der Waals surface area contributed by atoms with Crippen molar-refractivity contribution in [2.45, 2.75) is 6.42 Å². The van der Waals surface area contributed by atoms with Crippen LogP contribution in [0.15, 0.2) is 23.1 Å². The molecule has 0 spiro atoms. The van der Waals surface area contributed by atoms with Gasteiger partial charge in [-0.2, -0.15) is 0 Å². The van der Waals surface area contributed by atoms with E-state index in [1.165, 1.54) is 6.20 Å². The van der Waals surface area contributed by atoms with Crippen molar-refractivity contribution < 1.29 is 18.2 Å². The number of aromatic nitrogens is 4. The number of nitrogens with zero attached hydrogens (tertiary/aromatic N) is 4. The molecule has 1 saturated heterocycles. The molecular weight excluding hydrogens is 275 g/mol. The molecule has 2 aromatic heterocycles. The van der Waals surface area contributed by atoms with E-state index in [-0.39, 0.29) is 18.7 Å². The lowest BCUT2D eigenvalue weighted by atomic mass is 10.4. The van der Waals surface area contributed by atoms with Crippen molar-refractivity contribution in [3.05, 3.63) is 28.7 Å². The summed E-state index contributed by atoms with van der Waals surface area (Å²) in [5, 5.41) is 7.24. The van der Waals surface area contributed by atoms with Crippen LogP contribution in [0.5, 0.6) is 0 Å². The van der Waals surface area contributed by atoms with E-state index in [9.17, 15) is 9.36 Å². The minimum absolute atomic E-state index is 0.0566. The summed E-state index contributed by atoms with van der Waals surface area (Å²) in [6.45, 7) is 0.455. The molecule has 2 aromatic rings. The van der Waals surface area contributed by atoms with Crippen LogP contribution < -0.4 is 10.2 Å². The Hall–Kier alpha value is -1.83. The molecule has 9 nitrogen and oxygen atoms in total. The maximum atomic E-state index is 12.0. The molecule has 19 heavy (non-hydrogen) atoms. The second-order valence-corrected chi connectivity index (χ2v) is 5.26. The van der Waals surface area contributed by atoms with Crippen LogP contribution in [0, 0.1) is 0 Å². The van der Waals surface area contributed by atoms with Crippen molar-refractivity contribution in [1.82, 2.24) is 20.1 Å². The van der Waals surface area contributed by atoms with E-state index >= 15 is 0 Å². The molecule has 0 aromatic carbocycles.